The minimum Gasteiger partial charge on any atom is -0.456 e. The molecule has 298 valence electrons. The smallest absolute Gasteiger partial charge is 0.198 e. The van der Waals surface area contributed by atoms with Gasteiger partial charge in [0.15, 0.2) is 34.6 Å². The third kappa shape index (κ3) is 7.56. The fraction of sp³-hybridized carbons (Fsp3) is 0. The molecule has 10 rings (SSSR count). The third-order valence-electron chi connectivity index (χ3n) is 10.1. The van der Waals surface area contributed by atoms with E-state index in [0.717, 1.165) is 0 Å². The van der Waals surface area contributed by atoms with Gasteiger partial charge in [-0.15, -0.1) is 0 Å². The van der Waals surface area contributed by atoms with Crippen LogP contribution in [0.2, 0.25) is 0 Å². The van der Waals surface area contributed by atoms with Gasteiger partial charge in [-0.05, 0) is 97.1 Å². The summed E-state index contributed by atoms with van der Waals surface area (Å²) in [5, 5.41) is 0.860. The number of hydrogen-bond donors (Lipinski definition) is 0. The maximum absolute atomic E-state index is 15.4. The van der Waals surface area contributed by atoms with Crippen molar-refractivity contribution in [2.75, 3.05) is 0 Å². The molecule has 0 saturated heterocycles. The molecule has 0 aliphatic heterocycles. The number of carbonyl (C=O) groups excluding carboxylic acids is 2. The van der Waals surface area contributed by atoms with E-state index in [-0.39, 0.29) is 45.3 Å². The molecule has 0 fully saturated rings. The molecule has 9 aromatic rings. The highest BCUT2D eigenvalue weighted by Crippen LogP contribution is 2.52. The average molecular weight is 811 g/mol. The van der Waals surface area contributed by atoms with Crippen molar-refractivity contribution in [3.8, 4) is 69.0 Å². The van der Waals surface area contributed by atoms with Crippen LogP contribution in [-0.4, -0.2) is 11.6 Å². The van der Waals surface area contributed by atoms with Crippen molar-refractivity contribution in [1.29, 1.82) is 0 Å². The maximum atomic E-state index is 15.4. The molecule has 8 nitrogen and oxygen atoms in total. The van der Waals surface area contributed by atoms with Crippen molar-refractivity contribution in [2.24, 2.45) is 0 Å². The van der Waals surface area contributed by atoms with E-state index in [4.69, 9.17) is 28.4 Å². The van der Waals surface area contributed by atoms with Gasteiger partial charge in [0.2, 0.25) is 0 Å². The molecule has 8 heteroatoms. The Kier molecular flexibility index (Phi) is 10.1. The predicted octanol–water partition coefficient (Wildman–Crippen LogP) is 14.4. The first kappa shape index (κ1) is 37.6. The fourth-order valence-corrected chi connectivity index (χ4v) is 7.28. The average Bonchev–Trinajstić information content (AvgIpc) is 3.31. The standard InChI is InChI=1S/C54H34O8/c55-51-41-31-45(57-35-19-7-1-8-20-35)46(58-36-21-9-2-10-22-36)32-42(41)52(56)50-49(51)53(61-39-27-15-5-16-28-39)43-33-47(59-37-23-11-3-12-24-37)48(60-38-25-13-4-14-26-38)34-44(43)54(50)62-40-29-17-6-18-30-40/h1-34H. The van der Waals surface area contributed by atoms with Gasteiger partial charge in [-0.3, -0.25) is 9.59 Å². The first-order chi connectivity index (χ1) is 30.6. The van der Waals surface area contributed by atoms with Gasteiger partial charge in [0.25, 0.3) is 0 Å². The van der Waals surface area contributed by atoms with Gasteiger partial charge in [-0.2, -0.15) is 0 Å². The highest BCUT2D eigenvalue weighted by molar-refractivity contribution is 6.33. The molecule has 0 heterocycles. The van der Waals surface area contributed by atoms with Crippen molar-refractivity contribution in [3.63, 3.8) is 0 Å². The predicted molar refractivity (Wildman–Crippen MR) is 236 cm³/mol. The topological polar surface area (TPSA) is 89.5 Å². The number of para-hydroxylation sites is 6. The lowest BCUT2D eigenvalue weighted by atomic mass is 9.81. The van der Waals surface area contributed by atoms with E-state index in [2.05, 4.69) is 0 Å². The Morgan fingerprint density at radius 2 is 0.484 bits per heavy atom. The first-order valence-corrected chi connectivity index (χ1v) is 19.9. The van der Waals surface area contributed by atoms with Gasteiger partial charge < -0.3 is 28.4 Å². The zero-order valence-corrected chi connectivity index (χ0v) is 32.9. The number of ketones is 2. The van der Waals surface area contributed by atoms with Gasteiger partial charge in [0, 0.05) is 21.9 Å². The van der Waals surface area contributed by atoms with Crippen LogP contribution in [0, 0.1) is 0 Å². The number of carbonyl (C=O) groups is 2. The fourth-order valence-electron chi connectivity index (χ4n) is 7.28. The third-order valence-corrected chi connectivity index (χ3v) is 10.1. The van der Waals surface area contributed by atoms with Crippen molar-refractivity contribution in [3.05, 3.63) is 229 Å². The molecule has 0 bridgehead atoms. The Bertz CT molecular complexity index is 2860. The van der Waals surface area contributed by atoms with E-state index < -0.39 is 11.6 Å². The molecule has 1 aliphatic carbocycles. The second kappa shape index (κ2) is 16.6. The highest BCUT2D eigenvalue weighted by atomic mass is 16.5. The second-order valence-corrected chi connectivity index (χ2v) is 14.2. The van der Waals surface area contributed by atoms with Gasteiger partial charge in [-0.1, -0.05) is 109 Å². The Morgan fingerprint density at radius 1 is 0.258 bits per heavy atom. The largest absolute Gasteiger partial charge is 0.456 e. The van der Waals surface area contributed by atoms with Crippen LogP contribution in [0.15, 0.2) is 206 Å². The summed E-state index contributed by atoms with van der Waals surface area (Å²) in [6, 6.07) is 61.7. The molecule has 0 aromatic heterocycles. The van der Waals surface area contributed by atoms with Crippen molar-refractivity contribution in [1.82, 2.24) is 0 Å². The van der Waals surface area contributed by atoms with Crippen LogP contribution in [0.25, 0.3) is 10.8 Å². The van der Waals surface area contributed by atoms with Gasteiger partial charge in [0.05, 0.1) is 11.1 Å². The molecule has 0 unspecified atom stereocenters. The van der Waals surface area contributed by atoms with Crippen molar-refractivity contribution >= 4 is 22.3 Å². The maximum Gasteiger partial charge on any atom is 0.198 e. The summed E-state index contributed by atoms with van der Waals surface area (Å²) in [5.41, 5.74) is 0.215. The van der Waals surface area contributed by atoms with Crippen LogP contribution < -0.4 is 28.4 Å². The Labute approximate surface area is 356 Å². The number of benzene rings is 9. The molecule has 0 saturated carbocycles. The van der Waals surface area contributed by atoms with E-state index in [9.17, 15) is 0 Å². The Morgan fingerprint density at radius 3 is 0.742 bits per heavy atom. The second-order valence-electron chi connectivity index (χ2n) is 14.2. The molecule has 0 spiro atoms. The van der Waals surface area contributed by atoms with Crippen LogP contribution in [0.1, 0.15) is 31.8 Å². The lowest BCUT2D eigenvalue weighted by molar-refractivity contribution is 0.0975. The summed E-state index contributed by atoms with van der Waals surface area (Å²) in [7, 11) is 0. The summed E-state index contributed by atoms with van der Waals surface area (Å²) in [5.74, 6) is 3.40. The lowest BCUT2D eigenvalue weighted by Crippen LogP contribution is -2.23. The molecule has 0 N–H and O–H groups in total. The molecule has 0 atom stereocenters. The van der Waals surface area contributed by atoms with Crippen molar-refractivity contribution in [2.45, 2.75) is 0 Å². The van der Waals surface area contributed by atoms with Crippen LogP contribution in [-0.2, 0) is 0 Å². The van der Waals surface area contributed by atoms with E-state index >= 15 is 9.59 Å². The quantitative estimate of drug-likeness (QED) is 0.120. The van der Waals surface area contributed by atoms with Crippen LogP contribution >= 0.6 is 0 Å². The van der Waals surface area contributed by atoms with Gasteiger partial charge in [-0.25, -0.2) is 0 Å². The molecule has 0 radical (unpaired) electrons. The minimum atomic E-state index is -0.486. The molecule has 9 aromatic carbocycles. The number of rotatable bonds is 12. The lowest BCUT2D eigenvalue weighted by Gasteiger charge is -2.26. The molecule has 62 heavy (non-hydrogen) atoms. The summed E-state index contributed by atoms with van der Waals surface area (Å²) >= 11 is 0. The van der Waals surface area contributed by atoms with Gasteiger partial charge in [0.1, 0.15) is 46.0 Å². The molecular formula is C54H34O8. The minimum absolute atomic E-state index is 0.00885. The van der Waals surface area contributed by atoms with Crippen molar-refractivity contribution < 1.29 is 38.0 Å². The van der Waals surface area contributed by atoms with Crippen LogP contribution in [0.5, 0.6) is 69.0 Å². The van der Waals surface area contributed by atoms with E-state index in [0.29, 0.717) is 56.8 Å². The van der Waals surface area contributed by atoms with E-state index in [1.807, 2.05) is 133 Å². The number of fused-ring (bicyclic) bond motifs is 3. The van der Waals surface area contributed by atoms with Crippen LogP contribution in [0.3, 0.4) is 0 Å². The molecular weight excluding hydrogens is 777 g/mol. The SMILES string of the molecule is O=C1c2cc(Oc3ccccc3)c(Oc3ccccc3)cc2C(=O)c2c1c(Oc1ccccc1)c1cc(Oc3ccccc3)c(Oc3ccccc3)cc1c2Oc1ccccc1. The van der Waals surface area contributed by atoms with Crippen LogP contribution in [0.4, 0.5) is 0 Å². The summed E-state index contributed by atoms with van der Waals surface area (Å²) in [6.45, 7) is 0. The number of ether oxygens (including phenoxy) is 6. The summed E-state index contributed by atoms with van der Waals surface area (Å²) < 4.78 is 39.3. The zero-order valence-electron chi connectivity index (χ0n) is 32.9. The number of hydrogen-bond acceptors (Lipinski definition) is 8. The Hall–Kier alpha value is -8.62. The summed E-state index contributed by atoms with van der Waals surface area (Å²) in [4.78, 5) is 30.9. The molecule has 1 aliphatic rings. The monoisotopic (exact) mass is 810 g/mol. The zero-order chi connectivity index (χ0) is 41.8. The van der Waals surface area contributed by atoms with E-state index in [1.54, 1.807) is 72.8 Å². The normalized spacial score (nSPS) is 11.6. The highest BCUT2D eigenvalue weighted by Gasteiger charge is 2.40. The first-order valence-electron chi connectivity index (χ1n) is 19.9. The van der Waals surface area contributed by atoms with Gasteiger partial charge >= 0.3 is 0 Å². The molecule has 0 amide bonds. The van der Waals surface area contributed by atoms with E-state index in [1.165, 1.54) is 0 Å². The Balaban J connectivity index is 1.25. The summed E-state index contributed by atoms with van der Waals surface area (Å²) in [6.07, 6.45) is 0.